The summed E-state index contributed by atoms with van der Waals surface area (Å²) in [7, 11) is 0. The molecule has 8 rings (SSSR count). The monoisotopic (exact) mass is 697 g/mol. The number of unbranched alkanes of at least 4 members (excludes halogenated alkanes) is 1. The van der Waals surface area contributed by atoms with Crippen LogP contribution in [0.4, 0.5) is 0 Å². The molecule has 0 saturated carbocycles. The molecule has 1 aromatic heterocycles. The van der Waals surface area contributed by atoms with E-state index in [4.69, 9.17) is 10.3 Å². The van der Waals surface area contributed by atoms with Crippen molar-refractivity contribution in [3.63, 3.8) is 0 Å². The summed E-state index contributed by atoms with van der Waals surface area (Å²) < 4.78 is 1.96. The van der Waals surface area contributed by atoms with Gasteiger partial charge in [-0.2, -0.15) is 4.99 Å². The van der Waals surface area contributed by atoms with Gasteiger partial charge in [0.2, 0.25) is 5.96 Å². The molecule has 0 radical (unpaired) electrons. The van der Waals surface area contributed by atoms with Gasteiger partial charge in [-0.1, -0.05) is 153 Å². The van der Waals surface area contributed by atoms with Crippen molar-refractivity contribution in [2.45, 2.75) is 44.6 Å². The molecule has 0 bridgehead atoms. The van der Waals surface area contributed by atoms with Crippen molar-refractivity contribution < 1.29 is 9.59 Å². The SMILES string of the molecule is CCCCC1=C(Cc2ccc(-c3ccccc3-c3nnnn3C(c3ccccc3)(c3ccccc3)c3ccccc3)cc2)C(=O)NC2=NC(=O)CCN21. The highest BCUT2D eigenvalue weighted by molar-refractivity contribution is 6.12. The van der Waals surface area contributed by atoms with Crippen molar-refractivity contribution in [2.24, 2.45) is 4.99 Å². The molecule has 0 spiro atoms. The number of carbonyl (C=O) groups excluding carboxylic acids is 2. The Balaban J connectivity index is 1.20. The molecule has 53 heavy (non-hydrogen) atoms. The maximum atomic E-state index is 13.4. The predicted octanol–water partition coefficient (Wildman–Crippen LogP) is 7.55. The molecule has 2 aliphatic rings. The fraction of sp³-hybridized carbons (Fsp3) is 0.182. The molecule has 3 heterocycles. The summed E-state index contributed by atoms with van der Waals surface area (Å²) >= 11 is 0. The molecule has 0 unspecified atom stereocenters. The number of nitrogens with zero attached hydrogens (tertiary/aromatic N) is 6. The molecule has 0 atom stereocenters. The third-order valence-corrected chi connectivity index (χ3v) is 10.2. The van der Waals surface area contributed by atoms with Crippen LogP contribution in [0.5, 0.6) is 0 Å². The van der Waals surface area contributed by atoms with Gasteiger partial charge in [0.1, 0.15) is 5.54 Å². The van der Waals surface area contributed by atoms with Crippen LogP contribution < -0.4 is 5.32 Å². The third-order valence-electron chi connectivity index (χ3n) is 10.2. The van der Waals surface area contributed by atoms with Gasteiger partial charge in [0, 0.05) is 36.2 Å². The highest BCUT2D eigenvalue weighted by atomic mass is 16.2. The standard InChI is InChI=1S/C44H39N7O2/c1-2-3-23-39-38(42(53)46-43-45-40(52)28-29-50(39)43)30-31-24-26-32(27-25-31)36-21-13-14-22-37(36)41-47-48-49-51(41)44(33-15-7-4-8-16-33,34-17-9-5-10-18-34)35-19-11-6-12-20-35/h4-22,24-27H,2-3,23,28-30H2,1H3,(H,45,46,52,53). The number of benzene rings is 5. The van der Waals surface area contributed by atoms with Crippen LogP contribution in [0, 0.1) is 0 Å². The van der Waals surface area contributed by atoms with Gasteiger partial charge < -0.3 is 4.90 Å². The Morgan fingerprint density at radius 2 is 1.30 bits per heavy atom. The normalized spacial score (nSPS) is 14.5. The van der Waals surface area contributed by atoms with E-state index in [1.807, 2.05) is 39.9 Å². The van der Waals surface area contributed by atoms with E-state index in [-0.39, 0.29) is 11.8 Å². The van der Waals surface area contributed by atoms with Crippen LogP contribution in [0.2, 0.25) is 0 Å². The van der Waals surface area contributed by atoms with E-state index in [1.165, 1.54) is 0 Å². The Hall–Kier alpha value is -6.48. The molecular weight excluding hydrogens is 659 g/mol. The molecule has 2 aliphatic heterocycles. The molecular formula is C44H39N7O2. The van der Waals surface area contributed by atoms with Crippen molar-refractivity contribution >= 4 is 17.8 Å². The Morgan fingerprint density at radius 3 is 1.91 bits per heavy atom. The Labute approximate surface area is 308 Å². The molecule has 6 aromatic rings. The molecule has 262 valence electrons. The first-order valence-electron chi connectivity index (χ1n) is 18.1. The van der Waals surface area contributed by atoms with E-state index in [0.29, 0.717) is 31.2 Å². The van der Waals surface area contributed by atoms with Crippen LogP contribution >= 0.6 is 0 Å². The molecule has 9 nitrogen and oxygen atoms in total. The van der Waals surface area contributed by atoms with Gasteiger partial charge >= 0.3 is 0 Å². The second-order valence-electron chi connectivity index (χ2n) is 13.4. The lowest BCUT2D eigenvalue weighted by molar-refractivity contribution is -0.118. The zero-order valence-electron chi connectivity index (χ0n) is 29.5. The van der Waals surface area contributed by atoms with Crippen molar-refractivity contribution in [3.8, 4) is 22.5 Å². The van der Waals surface area contributed by atoms with Gasteiger partial charge in [-0.3, -0.25) is 14.9 Å². The minimum atomic E-state index is -0.879. The summed E-state index contributed by atoms with van der Waals surface area (Å²) in [5.74, 6) is 0.584. The van der Waals surface area contributed by atoms with Crippen molar-refractivity contribution in [3.05, 3.63) is 173 Å². The quantitative estimate of drug-likeness (QED) is 0.140. The van der Waals surface area contributed by atoms with Gasteiger partial charge in [0.15, 0.2) is 5.82 Å². The lowest BCUT2D eigenvalue weighted by Crippen LogP contribution is -2.52. The number of aromatic nitrogens is 4. The van der Waals surface area contributed by atoms with E-state index in [0.717, 1.165) is 69.5 Å². The van der Waals surface area contributed by atoms with Gasteiger partial charge in [-0.25, -0.2) is 4.68 Å². The van der Waals surface area contributed by atoms with Crippen LogP contribution in [0.3, 0.4) is 0 Å². The zero-order valence-corrected chi connectivity index (χ0v) is 29.5. The Morgan fingerprint density at radius 1 is 0.717 bits per heavy atom. The second kappa shape index (κ2) is 14.6. The number of allylic oxidation sites excluding steroid dienone is 1. The third kappa shape index (κ3) is 6.24. The topological polar surface area (TPSA) is 105 Å². The van der Waals surface area contributed by atoms with Crippen LogP contribution in [0.15, 0.2) is 156 Å². The highest BCUT2D eigenvalue weighted by Crippen LogP contribution is 2.43. The first-order chi connectivity index (χ1) is 26.1. The molecule has 5 aromatic carbocycles. The number of carbonyl (C=O) groups is 2. The van der Waals surface area contributed by atoms with Crippen LogP contribution in [0.1, 0.15) is 54.9 Å². The highest BCUT2D eigenvalue weighted by Gasteiger charge is 2.42. The lowest BCUT2D eigenvalue weighted by atomic mass is 9.77. The predicted molar refractivity (Wildman–Crippen MR) is 205 cm³/mol. The number of hydrogen-bond donors (Lipinski definition) is 1. The van der Waals surface area contributed by atoms with Crippen LogP contribution in [-0.2, 0) is 21.5 Å². The van der Waals surface area contributed by atoms with Crippen molar-refractivity contribution in [1.29, 1.82) is 0 Å². The van der Waals surface area contributed by atoms with Gasteiger partial charge in [-0.15, -0.1) is 5.10 Å². The maximum Gasteiger partial charge on any atom is 0.256 e. The first-order valence-corrected chi connectivity index (χ1v) is 18.1. The maximum absolute atomic E-state index is 13.4. The number of amides is 2. The molecule has 0 fully saturated rings. The number of aliphatic imine (C=N–C) groups is 1. The first kappa shape index (κ1) is 33.7. The number of fused-ring (bicyclic) bond motifs is 1. The lowest BCUT2D eigenvalue weighted by Gasteiger charge is -2.36. The van der Waals surface area contributed by atoms with Gasteiger partial charge in [0.25, 0.3) is 11.8 Å². The Bertz CT molecular complexity index is 2220. The van der Waals surface area contributed by atoms with Crippen LogP contribution in [-0.4, -0.2) is 49.4 Å². The second-order valence-corrected chi connectivity index (χ2v) is 13.4. The fourth-order valence-electron chi connectivity index (χ4n) is 7.61. The van der Waals surface area contributed by atoms with E-state index >= 15 is 0 Å². The van der Waals surface area contributed by atoms with Crippen LogP contribution in [0.25, 0.3) is 22.5 Å². The average molecular weight is 698 g/mol. The minimum Gasteiger partial charge on any atom is -0.315 e. The largest absolute Gasteiger partial charge is 0.315 e. The average Bonchev–Trinajstić information content (AvgIpc) is 3.70. The van der Waals surface area contributed by atoms with E-state index in [1.54, 1.807) is 0 Å². The van der Waals surface area contributed by atoms with Gasteiger partial charge in [-0.05, 0) is 56.6 Å². The number of guanidine groups is 1. The molecule has 9 heteroatoms. The van der Waals surface area contributed by atoms with Gasteiger partial charge in [0.05, 0.1) is 0 Å². The summed E-state index contributed by atoms with van der Waals surface area (Å²) in [5, 5.41) is 16.7. The molecule has 1 N–H and O–H groups in total. The molecule has 0 aliphatic carbocycles. The zero-order chi connectivity index (χ0) is 36.2. The minimum absolute atomic E-state index is 0.194. The Kier molecular flexibility index (Phi) is 9.29. The van der Waals surface area contributed by atoms with E-state index < -0.39 is 5.54 Å². The smallest absolute Gasteiger partial charge is 0.256 e. The summed E-state index contributed by atoms with van der Waals surface area (Å²) in [6.07, 6.45) is 3.50. The molecule has 0 saturated heterocycles. The summed E-state index contributed by atoms with van der Waals surface area (Å²) in [6.45, 7) is 2.66. The summed E-state index contributed by atoms with van der Waals surface area (Å²) in [6, 6.07) is 47.7. The number of nitrogens with one attached hydrogen (secondary N) is 1. The van der Waals surface area contributed by atoms with E-state index in [9.17, 15) is 9.59 Å². The summed E-state index contributed by atoms with van der Waals surface area (Å²) in [4.78, 5) is 31.6. The van der Waals surface area contributed by atoms with E-state index in [2.05, 4.69) is 132 Å². The number of rotatable bonds is 11. The van der Waals surface area contributed by atoms with Crippen molar-refractivity contribution in [2.75, 3.05) is 6.54 Å². The number of tetrazole rings is 1. The summed E-state index contributed by atoms with van der Waals surface area (Å²) in [5.41, 5.74) is 7.77. The molecule has 2 amide bonds. The fourth-order valence-corrected chi connectivity index (χ4v) is 7.61. The number of hydrogen-bond acceptors (Lipinski definition) is 6. The van der Waals surface area contributed by atoms with Crippen molar-refractivity contribution in [1.82, 2.24) is 30.4 Å².